The zero-order chi connectivity index (χ0) is 15.9. The third-order valence-electron chi connectivity index (χ3n) is 5.31. The summed E-state index contributed by atoms with van der Waals surface area (Å²) >= 11 is 0. The second-order valence-electron chi connectivity index (χ2n) is 6.77. The van der Waals surface area contributed by atoms with Crippen molar-refractivity contribution in [2.24, 2.45) is 11.7 Å². The highest BCUT2D eigenvalue weighted by molar-refractivity contribution is 5.97. The molecule has 136 valence electrons. The van der Waals surface area contributed by atoms with Gasteiger partial charge < -0.3 is 10.6 Å². The second-order valence-corrected chi connectivity index (χ2v) is 6.77. The van der Waals surface area contributed by atoms with Gasteiger partial charge in [-0.3, -0.25) is 4.79 Å². The van der Waals surface area contributed by atoms with Gasteiger partial charge in [0.05, 0.1) is 11.3 Å². The average Bonchev–Trinajstić information content (AvgIpc) is 3.13. The van der Waals surface area contributed by atoms with Gasteiger partial charge in [-0.2, -0.15) is 5.10 Å². The van der Waals surface area contributed by atoms with Gasteiger partial charge >= 0.3 is 0 Å². The molecule has 0 spiro atoms. The van der Waals surface area contributed by atoms with Gasteiger partial charge in [-0.25, -0.2) is 4.68 Å². The minimum absolute atomic E-state index is 0. The fourth-order valence-corrected chi connectivity index (χ4v) is 3.65. The SMILES string of the molecule is Cl.Cl.NC1(C2CCN(C(=O)c3ccccc3-n3cccn3)CC2)CC1. The Balaban J connectivity index is 0.00000113. The smallest absolute Gasteiger partial charge is 0.256 e. The first-order chi connectivity index (χ1) is 11.2. The van der Waals surface area contributed by atoms with E-state index in [2.05, 4.69) is 5.10 Å². The van der Waals surface area contributed by atoms with E-state index in [9.17, 15) is 4.79 Å². The maximum atomic E-state index is 12.9. The number of hydrogen-bond donors (Lipinski definition) is 1. The van der Waals surface area contributed by atoms with Crippen LogP contribution in [-0.2, 0) is 0 Å². The number of carbonyl (C=O) groups is 1. The molecule has 1 aliphatic heterocycles. The van der Waals surface area contributed by atoms with Crippen LogP contribution in [-0.4, -0.2) is 39.2 Å². The lowest BCUT2D eigenvalue weighted by atomic mass is 9.87. The number of rotatable bonds is 3. The number of aromatic nitrogens is 2. The lowest BCUT2D eigenvalue weighted by molar-refractivity contribution is 0.0672. The van der Waals surface area contributed by atoms with Crippen molar-refractivity contribution >= 4 is 30.7 Å². The Morgan fingerprint density at radius 3 is 2.40 bits per heavy atom. The molecule has 5 nitrogen and oxygen atoms in total. The monoisotopic (exact) mass is 382 g/mol. The second kappa shape index (κ2) is 7.77. The molecule has 1 aliphatic carbocycles. The van der Waals surface area contributed by atoms with E-state index in [1.165, 1.54) is 0 Å². The summed E-state index contributed by atoms with van der Waals surface area (Å²) in [5.41, 5.74) is 7.95. The van der Waals surface area contributed by atoms with Crippen LogP contribution in [0.3, 0.4) is 0 Å². The number of carbonyl (C=O) groups excluding carboxylic acids is 1. The van der Waals surface area contributed by atoms with Crippen molar-refractivity contribution in [3.63, 3.8) is 0 Å². The van der Waals surface area contributed by atoms with Gasteiger partial charge in [-0.1, -0.05) is 12.1 Å². The lowest BCUT2D eigenvalue weighted by Crippen LogP contribution is -2.44. The van der Waals surface area contributed by atoms with Gasteiger partial charge in [0.2, 0.25) is 0 Å². The van der Waals surface area contributed by atoms with Crippen LogP contribution in [0.4, 0.5) is 0 Å². The molecular formula is C18H24Cl2N4O. The predicted molar refractivity (Wildman–Crippen MR) is 103 cm³/mol. The lowest BCUT2D eigenvalue weighted by Gasteiger charge is -2.35. The number of piperidine rings is 1. The minimum atomic E-state index is 0. The standard InChI is InChI=1S/C18H22N4O.2ClH/c19-18(8-9-18)14-6-12-21(13-7-14)17(23)15-4-1-2-5-16(15)22-11-3-10-20-22;;/h1-5,10-11,14H,6-9,12-13,19H2;2*1H. The van der Waals surface area contributed by atoms with Gasteiger partial charge in [-0.05, 0) is 49.8 Å². The molecule has 2 aromatic rings. The van der Waals surface area contributed by atoms with Crippen molar-refractivity contribution in [3.05, 3.63) is 48.3 Å². The van der Waals surface area contributed by atoms with Gasteiger partial charge in [0.25, 0.3) is 5.91 Å². The molecule has 2 fully saturated rings. The van der Waals surface area contributed by atoms with Gasteiger partial charge in [0.15, 0.2) is 0 Å². The quantitative estimate of drug-likeness (QED) is 0.886. The van der Waals surface area contributed by atoms with Crippen LogP contribution in [0.1, 0.15) is 36.0 Å². The van der Waals surface area contributed by atoms with E-state index < -0.39 is 0 Å². The predicted octanol–water partition coefficient (Wildman–Crippen LogP) is 3.06. The molecule has 7 heteroatoms. The van der Waals surface area contributed by atoms with Crippen molar-refractivity contribution in [3.8, 4) is 5.69 Å². The number of para-hydroxylation sites is 1. The summed E-state index contributed by atoms with van der Waals surface area (Å²) in [7, 11) is 0. The molecule has 25 heavy (non-hydrogen) atoms. The number of likely N-dealkylation sites (tertiary alicyclic amines) is 1. The fourth-order valence-electron chi connectivity index (χ4n) is 3.65. The van der Waals surface area contributed by atoms with E-state index in [1.807, 2.05) is 41.4 Å². The average molecular weight is 383 g/mol. The Kier molecular flexibility index (Phi) is 6.14. The Bertz CT molecular complexity index is 708. The van der Waals surface area contributed by atoms with Crippen LogP contribution in [0.15, 0.2) is 42.7 Å². The fraction of sp³-hybridized carbons (Fsp3) is 0.444. The van der Waals surface area contributed by atoms with E-state index in [-0.39, 0.29) is 36.3 Å². The van der Waals surface area contributed by atoms with E-state index in [0.717, 1.165) is 44.5 Å². The minimum Gasteiger partial charge on any atom is -0.339 e. The summed E-state index contributed by atoms with van der Waals surface area (Å²) in [6, 6.07) is 9.53. The van der Waals surface area contributed by atoms with Crippen LogP contribution >= 0.6 is 24.8 Å². The molecule has 4 rings (SSSR count). The van der Waals surface area contributed by atoms with E-state index >= 15 is 0 Å². The molecule has 1 saturated carbocycles. The number of amides is 1. The van der Waals surface area contributed by atoms with Crippen LogP contribution in [0.25, 0.3) is 5.69 Å². The third kappa shape index (κ3) is 3.84. The Morgan fingerprint density at radius 2 is 1.80 bits per heavy atom. The van der Waals surface area contributed by atoms with Crippen molar-refractivity contribution in [2.45, 2.75) is 31.2 Å². The molecule has 1 saturated heterocycles. The largest absolute Gasteiger partial charge is 0.339 e. The molecule has 1 amide bonds. The zero-order valence-corrected chi connectivity index (χ0v) is 15.6. The first-order valence-electron chi connectivity index (χ1n) is 8.35. The molecule has 0 radical (unpaired) electrons. The number of nitrogens with two attached hydrogens (primary N) is 1. The molecular weight excluding hydrogens is 359 g/mol. The highest BCUT2D eigenvalue weighted by Gasteiger charge is 2.46. The summed E-state index contributed by atoms with van der Waals surface area (Å²) in [5.74, 6) is 0.671. The summed E-state index contributed by atoms with van der Waals surface area (Å²) in [6.45, 7) is 1.60. The number of halogens is 2. The third-order valence-corrected chi connectivity index (χ3v) is 5.31. The van der Waals surface area contributed by atoms with E-state index in [4.69, 9.17) is 5.73 Å². The van der Waals surface area contributed by atoms with E-state index in [1.54, 1.807) is 10.9 Å². The zero-order valence-electron chi connectivity index (χ0n) is 14.0. The van der Waals surface area contributed by atoms with Crippen molar-refractivity contribution in [1.82, 2.24) is 14.7 Å². The molecule has 1 aromatic carbocycles. The summed E-state index contributed by atoms with van der Waals surface area (Å²) in [5, 5.41) is 4.26. The van der Waals surface area contributed by atoms with Gasteiger partial charge in [0.1, 0.15) is 0 Å². The van der Waals surface area contributed by atoms with Crippen molar-refractivity contribution in [1.29, 1.82) is 0 Å². The molecule has 2 heterocycles. The van der Waals surface area contributed by atoms with Gasteiger partial charge in [-0.15, -0.1) is 24.8 Å². The molecule has 2 N–H and O–H groups in total. The summed E-state index contributed by atoms with van der Waals surface area (Å²) in [4.78, 5) is 14.9. The normalized spacial score (nSPS) is 18.8. The number of benzene rings is 1. The molecule has 0 unspecified atom stereocenters. The van der Waals surface area contributed by atoms with Gasteiger partial charge in [0, 0.05) is 31.0 Å². The summed E-state index contributed by atoms with van der Waals surface area (Å²) < 4.78 is 1.75. The Hall–Kier alpha value is -1.56. The Morgan fingerprint density at radius 1 is 1.12 bits per heavy atom. The molecule has 0 atom stereocenters. The van der Waals surface area contributed by atoms with Crippen molar-refractivity contribution < 1.29 is 4.79 Å². The van der Waals surface area contributed by atoms with Crippen LogP contribution in [0.2, 0.25) is 0 Å². The highest BCUT2D eigenvalue weighted by Crippen LogP contribution is 2.44. The highest BCUT2D eigenvalue weighted by atomic mass is 35.5. The Labute approximate surface area is 160 Å². The summed E-state index contributed by atoms with van der Waals surface area (Å²) in [6.07, 6.45) is 7.92. The van der Waals surface area contributed by atoms with E-state index in [0.29, 0.717) is 11.5 Å². The number of nitrogens with zero attached hydrogens (tertiary/aromatic N) is 3. The first-order valence-corrected chi connectivity index (χ1v) is 8.35. The topological polar surface area (TPSA) is 64.2 Å². The van der Waals surface area contributed by atoms with Crippen molar-refractivity contribution in [2.75, 3.05) is 13.1 Å². The first kappa shape index (κ1) is 19.8. The van der Waals surface area contributed by atoms with Crippen LogP contribution < -0.4 is 5.73 Å². The molecule has 2 aliphatic rings. The maximum Gasteiger partial charge on any atom is 0.256 e. The van der Waals surface area contributed by atoms with Crippen LogP contribution in [0, 0.1) is 5.92 Å². The molecule has 1 aromatic heterocycles. The number of hydrogen-bond acceptors (Lipinski definition) is 3. The van der Waals surface area contributed by atoms with Crippen LogP contribution in [0.5, 0.6) is 0 Å². The molecule has 0 bridgehead atoms. The maximum absolute atomic E-state index is 12.9.